The maximum absolute atomic E-state index is 14.1. The summed E-state index contributed by atoms with van der Waals surface area (Å²) in [5.74, 6) is 0.645. The Bertz CT molecular complexity index is 804. The van der Waals surface area contributed by atoms with E-state index in [1.165, 1.54) is 0 Å². The Kier molecular flexibility index (Phi) is 4.56. The molecule has 3 aromatic rings. The fraction of sp³-hybridized carbons (Fsp3) is 0.0526. The maximum Gasteiger partial charge on any atom is 0.172 e. The summed E-state index contributed by atoms with van der Waals surface area (Å²) in [7, 11) is -1.45. The normalized spacial score (nSPS) is 11.2. The van der Waals surface area contributed by atoms with Crippen LogP contribution in [0.2, 0.25) is 5.02 Å². The van der Waals surface area contributed by atoms with Crippen molar-refractivity contribution in [2.45, 2.75) is 0 Å². The monoisotopic (exact) mass is 342 g/mol. The minimum absolute atomic E-state index is 0.445. The third kappa shape index (κ3) is 2.93. The summed E-state index contributed by atoms with van der Waals surface area (Å²) in [6, 6.07) is 24.2. The van der Waals surface area contributed by atoms with E-state index in [1.54, 1.807) is 25.3 Å². The van der Waals surface area contributed by atoms with Crippen LogP contribution in [0.3, 0.4) is 0 Å². The smallest absolute Gasteiger partial charge is 0.172 e. The topological polar surface area (TPSA) is 26.3 Å². The van der Waals surface area contributed by atoms with E-state index in [0.29, 0.717) is 16.1 Å². The van der Waals surface area contributed by atoms with E-state index in [1.807, 2.05) is 60.7 Å². The summed E-state index contributed by atoms with van der Waals surface area (Å²) in [4.78, 5) is 0. The van der Waals surface area contributed by atoms with Crippen molar-refractivity contribution >= 4 is 34.7 Å². The molecule has 0 aliphatic carbocycles. The molecule has 0 amide bonds. The highest BCUT2D eigenvalue weighted by molar-refractivity contribution is 7.85. The largest absolute Gasteiger partial charge is 0.497 e. The zero-order valence-electron chi connectivity index (χ0n) is 12.6. The molecule has 0 unspecified atom stereocenters. The van der Waals surface area contributed by atoms with Crippen LogP contribution in [0.15, 0.2) is 78.9 Å². The van der Waals surface area contributed by atoms with Crippen LogP contribution in [-0.2, 0) is 4.57 Å². The minimum atomic E-state index is -3.03. The highest BCUT2D eigenvalue weighted by Crippen LogP contribution is 2.44. The Morgan fingerprint density at radius 3 is 1.78 bits per heavy atom. The lowest BCUT2D eigenvalue weighted by molar-refractivity contribution is 0.415. The fourth-order valence-corrected chi connectivity index (χ4v) is 5.79. The summed E-state index contributed by atoms with van der Waals surface area (Å²) < 4.78 is 19.3. The predicted molar refractivity (Wildman–Crippen MR) is 97.4 cm³/mol. The third-order valence-corrected chi connectivity index (χ3v) is 7.30. The molecule has 0 aromatic heterocycles. The van der Waals surface area contributed by atoms with Gasteiger partial charge in [-0.2, -0.15) is 0 Å². The van der Waals surface area contributed by atoms with Gasteiger partial charge in [0.25, 0.3) is 0 Å². The molecule has 0 bridgehead atoms. The highest BCUT2D eigenvalue weighted by atomic mass is 35.5. The minimum Gasteiger partial charge on any atom is -0.497 e. The van der Waals surface area contributed by atoms with Crippen molar-refractivity contribution in [3.05, 3.63) is 83.9 Å². The van der Waals surface area contributed by atoms with Gasteiger partial charge in [-0.1, -0.05) is 72.3 Å². The lowest BCUT2D eigenvalue weighted by Gasteiger charge is -2.21. The Morgan fingerprint density at radius 1 is 0.826 bits per heavy atom. The van der Waals surface area contributed by atoms with Gasteiger partial charge in [0.05, 0.1) is 12.1 Å². The first kappa shape index (κ1) is 15.9. The second kappa shape index (κ2) is 6.62. The first-order valence-corrected chi connectivity index (χ1v) is 9.30. The first-order chi connectivity index (χ1) is 11.2. The van der Waals surface area contributed by atoms with Gasteiger partial charge in [-0.25, -0.2) is 0 Å². The molecule has 0 N–H and O–H groups in total. The van der Waals surface area contributed by atoms with Crippen LogP contribution >= 0.6 is 18.7 Å². The average Bonchev–Trinajstić information content (AvgIpc) is 2.62. The molecule has 2 nitrogen and oxygen atoms in total. The molecular formula is C19H16ClO2P. The van der Waals surface area contributed by atoms with Crippen LogP contribution < -0.4 is 20.7 Å². The van der Waals surface area contributed by atoms with Gasteiger partial charge in [-0.3, -0.25) is 0 Å². The van der Waals surface area contributed by atoms with Crippen molar-refractivity contribution in [2.75, 3.05) is 7.11 Å². The van der Waals surface area contributed by atoms with E-state index in [9.17, 15) is 4.57 Å². The molecule has 0 aliphatic rings. The molecule has 0 radical (unpaired) electrons. The molecule has 0 heterocycles. The van der Waals surface area contributed by atoms with Gasteiger partial charge in [-0.05, 0) is 18.2 Å². The summed E-state index contributed by atoms with van der Waals surface area (Å²) in [5.41, 5.74) is 0. The number of hydrogen-bond acceptors (Lipinski definition) is 2. The Hall–Kier alpha value is -2.02. The van der Waals surface area contributed by atoms with Crippen molar-refractivity contribution in [1.82, 2.24) is 0 Å². The SMILES string of the molecule is COc1ccc(P(=O)(c2ccccc2)c2ccccc2)c(Cl)c1. The molecule has 0 atom stereocenters. The number of halogens is 1. The van der Waals surface area contributed by atoms with Crippen LogP contribution in [0.25, 0.3) is 0 Å². The Morgan fingerprint density at radius 2 is 1.35 bits per heavy atom. The summed E-state index contributed by atoms with van der Waals surface area (Å²) in [5, 5.41) is 2.59. The predicted octanol–water partition coefficient (Wildman–Crippen LogP) is 3.99. The molecule has 0 saturated carbocycles. The van der Waals surface area contributed by atoms with E-state index in [4.69, 9.17) is 16.3 Å². The van der Waals surface area contributed by atoms with Crippen molar-refractivity contribution in [1.29, 1.82) is 0 Å². The molecule has 0 spiro atoms. The maximum atomic E-state index is 14.1. The highest BCUT2D eigenvalue weighted by Gasteiger charge is 2.31. The van der Waals surface area contributed by atoms with E-state index in [-0.39, 0.29) is 0 Å². The number of rotatable bonds is 4. The van der Waals surface area contributed by atoms with Crippen LogP contribution in [0.4, 0.5) is 0 Å². The second-order valence-electron chi connectivity index (χ2n) is 5.10. The first-order valence-electron chi connectivity index (χ1n) is 7.21. The van der Waals surface area contributed by atoms with Gasteiger partial charge in [0, 0.05) is 15.9 Å². The number of methoxy groups -OCH3 is 1. The molecular weight excluding hydrogens is 327 g/mol. The molecule has 0 aliphatic heterocycles. The lowest BCUT2D eigenvalue weighted by Crippen LogP contribution is -2.25. The van der Waals surface area contributed by atoms with Gasteiger partial charge in [0.15, 0.2) is 7.14 Å². The standard InChI is InChI=1S/C19H16ClO2P/c1-22-15-12-13-19(18(20)14-15)23(21,16-8-4-2-5-9-16)17-10-6-3-7-11-17/h2-14H,1H3. The van der Waals surface area contributed by atoms with Gasteiger partial charge in [0.1, 0.15) is 5.75 Å². The number of hydrogen-bond donors (Lipinski definition) is 0. The molecule has 3 aromatic carbocycles. The summed E-state index contributed by atoms with van der Waals surface area (Å²) in [6.45, 7) is 0. The summed E-state index contributed by atoms with van der Waals surface area (Å²) >= 11 is 6.44. The van der Waals surface area contributed by atoms with Crippen LogP contribution in [0, 0.1) is 0 Å². The molecule has 0 saturated heterocycles. The molecule has 3 rings (SSSR count). The van der Waals surface area contributed by atoms with Gasteiger partial charge >= 0.3 is 0 Å². The van der Waals surface area contributed by atoms with Crippen LogP contribution in [-0.4, -0.2) is 7.11 Å². The van der Waals surface area contributed by atoms with Gasteiger partial charge in [-0.15, -0.1) is 0 Å². The van der Waals surface area contributed by atoms with Gasteiger partial charge < -0.3 is 9.30 Å². The van der Waals surface area contributed by atoms with Crippen molar-refractivity contribution in [3.8, 4) is 5.75 Å². The summed E-state index contributed by atoms with van der Waals surface area (Å²) in [6.07, 6.45) is 0. The molecule has 4 heteroatoms. The number of ether oxygens (including phenoxy) is 1. The Labute approximate surface area is 141 Å². The van der Waals surface area contributed by atoms with Gasteiger partial charge in [0.2, 0.25) is 0 Å². The molecule has 116 valence electrons. The number of benzene rings is 3. The quantitative estimate of drug-likeness (QED) is 0.670. The molecule has 0 fully saturated rings. The average molecular weight is 343 g/mol. The fourth-order valence-electron chi connectivity index (χ4n) is 2.57. The third-order valence-electron chi connectivity index (χ3n) is 3.73. The van der Waals surface area contributed by atoms with Crippen molar-refractivity contribution < 1.29 is 9.30 Å². The zero-order valence-corrected chi connectivity index (χ0v) is 14.3. The van der Waals surface area contributed by atoms with Crippen molar-refractivity contribution in [3.63, 3.8) is 0 Å². The van der Waals surface area contributed by atoms with E-state index >= 15 is 0 Å². The van der Waals surface area contributed by atoms with Crippen molar-refractivity contribution in [2.24, 2.45) is 0 Å². The van der Waals surface area contributed by atoms with E-state index in [2.05, 4.69) is 0 Å². The second-order valence-corrected chi connectivity index (χ2v) is 8.24. The van der Waals surface area contributed by atoms with Crippen LogP contribution in [0.5, 0.6) is 5.75 Å². The molecule has 23 heavy (non-hydrogen) atoms. The zero-order chi connectivity index (χ0) is 16.3. The van der Waals surface area contributed by atoms with E-state index in [0.717, 1.165) is 10.6 Å². The lowest BCUT2D eigenvalue weighted by atomic mass is 10.3. The Balaban J connectivity index is 2.28. The van der Waals surface area contributed by atoms with E-state index < -0.39 is 7.14 Å². The van der Waals surface area contributed by atoms with Crippen LogP contribution in [0.1, 0.15) is 0 Å².